The van der Waals surface area contributed by atoms with E-state index in [0.717, 1.165) is 27.8 Å². The van der Waals surface area contributed by atoms with Gasteiger partial charge in [-0.3, -0.25) is 0 Å². The van der Waals surface area contributed by atoms with Crippen LogP contribution in [-0.2, 0) is 0 Å². The molecule has 0 atom stereocenters. The van der Waals surface area contributed by atoms with Gasteiger partial charge in [-0.25, -0.2) is 9.97 Å². The Bertz CT molecular complexity index is 509. The Kier molecular flexibility index (Phi) is 3.74. The lowest BCUT2D eigenvalue weighted by molar-refractivity contribution is 1.07. The van der Waals surface area contributed by atoms with Gasteiger partial charge in [-0.15, -0.1) is 0 Å². The predicted octanol–water partition coefficient (Wildman–Crippen LogP) is 3.65. The number of nitrogens with one attached hydrogen (secondary N) is 1. The number of anilines is 1. The fraction of sp³-hybridized carbons (Fsp3) is 0.231. The SMILES string of the molecule is CCNc1ncc(C)c(-c2ccc(Br)cc2)n1. The Hall–Kier alpha value is -1.42. The largest absolute Gasteiger partial charge is 0.354 e. The van der Waals surface area contributed by atoms with Gasteiger partial charge in [-0.1, -0.05) is 28.1 Å². The maximum atomic E-state index is 4.52. The summed E-state index contributed by atoms with van der Waals surface area (Å²) in [5.41, 5.74) is 3.16. The number of aromatic nitrogens is 2. The first-order valence-corrected chi connectivity index (χ1v) is 6.33. The molecule has 0 radical (unpaired) electrons. The molecule has 1 aromatic heterocycles. The van der Waals surface area contributed by atoms with Gasteiger partial charge in [0, 0.05) is 22.8 Å². The molecule has 1 heterocycles. The smallest absolute Gasteiger partial charge is 0.223 e. The number of benzene rings is 1. The topological polar surface area (TPSA) is 37.8 Å². The van der Waals surface area contributed by atoms with Gasteiger partial charge in [-0.2, -0.15) is 0 Å². The van der Waals surface area contributed by atoms with Crippen LogP contribution >= 0.6 is 15.9 Å². The summed E-state index contributed by atoms with van der Waals surface area (Å²) in [7, 11) is 0. The maximum Gasteiger partial charge on any atom is 0.223 e. The number of hydrogen-bond donors (Lipinski definition) is 1. The van der Waals surface area contributed by atoms with Crippen molar-refractivity contribution in [3.05, 3.63) is 40.5 Å². The highest BCUT2D eigenvalue weighted by molar-refractivity contribution is 9.10. The third-order valence-corrected chi connectivity index (χ3v) is 2.95. The Labute approximate surface area is 109 Å². The summed E-state index contributed by atoms with van der Waals surface area (Å²) < 4.78 is 1.07. The molecular weight excluding hydrogens is 278 g/mol. The van der Waals surface area contributed by atoms with E-state index >= 15 is 0 Å². The molecule has 0 unspecified atom stereocenters. The number of hydrogen-bond acceptors (Lipinski definition) is 3. The molecule has 0 fully saturated rings. The van der Waals surface area contributed by atoms with Crippen molar-refractivity contribution in [3.63, 3.8) is 0 Å². The van der Waals surface area contributed by atoms with Gasteiger partial charge in [0.1, 0.15) is 0 Å². The molecule has 3 nitrogen and oxygen atoms in total. The van der Waals surface area contributed by atoms with Crippen LogP contribution in [-0.4, -0.2) is 16.5 Å². The molecule has 88 valence electrons. The third kappa shape index (κ3) is 2.82. The molecule has 0 aliphatic heterocycles. The molecule has 0 aliphatic carbocycles. The van der Waals surface area contributed by atoms with Crippen LogP contribution < -0.4 is 5.32 Å². The second kappa shape index (κ2) is 5.27. The number of halogens is 1. The lowest BCUT2D eigenvalue weighted by atomic mass is 10.1. The van der Waals surface area contributed by atoms with Crippen LogP contribution in [0.15, 0.2) is 34.9 Å². The molecule has 0 aliphatic rings. The van der Waals surface area contributed by atoms with Crippen molar-refractivity contribution in [3.8, 4) is 11.3 Å². The van der Waals surface area contributed by atoms with Crippen molar-refractivity contribution in [2.45, 2.75) is 13.8 Å². The first kappa shape index (κ1) is 12.0. The molecule has 2 aromatic rings. The summed E-state index contributed by atoms with van der Waals surface area (Å²) in [6.45, 7) is 4.87. The molecule has 17 heavy (non-hydrogen) atoms. The van der Waals surface area contributed by atoms with Crippen LogP contribution in [0.3, 0.4) is 0 Å². The van der Waals surface area contributed by atoms with E-state index in [-0.39, 0.29) is 0 Å². The van der Waals surface area contributed by atoms with E-state index in [2.05, 4.69) is 43.3 Å². The van der Waals surface area contributed by atoms with Crippen molar-refractivity contribution in [2.75, 3.05) is 11.9 Å². The van der Waals surface area contributed by atoms with Gasteiger partial charge >= 0.3 is 0 Å². The van der Waals surface area contributed by atoms with E-state index in [9.17, 15) is 0 Å². The molecule has 0 saturated heterocycles. The third-order valence-electron chi connectivity index (χ3n) is 2.42. The second-order valence-electron chi connectivity index (χ2n) is 3.76. The lowest BCUT2D eigenvalue weighted by Crippen LogP contribution is -2.03. The summed E-state index contributed by atoms with van der Waals surface area (Å²) in [6.07, 6.45) is 1.85. The van der Waals surface area contributed by atoms with Crippen molar-refractivity contribution < 1.29 is 0 Å². The Balaban J connectivity index is 2.42. The molecule has 0 saturated carbocycles. The fourth-order valence-corrected chi connectivity index (χ4v) is 1.85. The van der Waals surface area contributed by atoms with E-state index in [1.807, 2.05) is 32.2 Å². The minimum atomic E-state index is 0.677. The van der Waals surface area contributed by atoms with Crippen LogP contribution in [0.4, 0.5) is 5.95 Å². The summed E-state index contributed by atoms with van der Waals surface area (Å²) in [6, 6.07) is 8.14. The van der Waals surface area contributed by atoms with Gasteiger partial charge < -0.3 is 5.32 Å². The monoisotopic (exact) mass is 291 g/mol. The number of nitrogens with zero attached hydrogens (tertiary/aromatic N) is 2. The van der Waals surface area contributed by atoms with Gasteiger partial charge in [0.25, 0.3) is 0 Å². The Morgan fingerprint density at radius 1 is 1.24 bits per heavy atom. The highest BCUT2D eigenvalue weighted by Crippen LogP contribution is 2.23. The quantitative estimate of drug-likeness (QED) is 0.938. The van der Waals surface area contributed by atoms with Crippen LogP contribution in [0.25, 0.3) is 11.3 Å². The van der Waals surface area contributed by atoms with Crippen LogP contribution in [0.1, 0.15) is 12.5 Å². The number of aryl methyl sites for hydroxylation is 1. The van der Waals surface area contributed by atoms with E-state index in [1.54, 1.807) is 0 Å². The maximum absolute atomic E-state index is 4.52. The van der Waals surface area contributed by atoms with E-state index < -0.39 is 0 Å². The molecule has 0 amide bonds. The van der Waals surface area contributed by atoms with Gasteiger partial charge in [0.2, 0.25) is 5.95 Å². The minimum absolute atomic E-state index is 0.677. The minimum Gasteiger partial charge on any atom is -0.354 e. The summed E-state index contributed by atoms with van der Waals surface area (Å²) >= 11 is 3.43. The van der Waals surface area contributed by atoms with Crippen molar-refractivity contribution >= 4 is 21.9 Å². The zero-order valence-corrected chi connectivity index (χ0v) is 11.5. The van der Waals surface area contributed by atoms with Crippen LogP contribution in [0.2, 0.25) is 0 Å². The summed E-state index contributed by atoms with van der Waals surface area (Å²) in [4.78, 5) is 8.76. The fourth-order valence-electron chi connectivity index (χ4n) is 1.59. The molecule has 4 heteroatoms. The van der Waals surface area contributed by atoms with E-state index in [1.165, 1.54) is 0 Å². The van der Waals surface area contributed by atoms with Crippen molar-refractivity contribution in [1.82, 2.24) is 9.97 Å². The van der Waals surface area contributed by atoms with Crippen molar-refractivity contribution in [1.29, 1.82) is 0 Å². The standard InChI is InChI=1S/C13H14BrN3/c1-3-15-13-16-8-9(2)12(17-13)10-4-6-11(14)7-5-10/h4-8H,3H2,1-2H3,(H,15,16,17). The molecule has 0 bridgehead atoms. The van der Waals surface area contributed by atoms with E-state index in [0.29, 0.717) is 5.95 Å². The average molecular weight is 292 g/mol. The Morgan fingerprint density at radius 2 is 1.94 bits per heavy atom. The van der Waals surface area contributed by atoms with Crippen molar-refractivity contribution in [2.24, 2.45) is 0 Å². The van der Waals surface area contributed by atoms with E-state index in [4.69, 9.17) is 0 Å². The van der Waals surface area contributed by atoms with Gasteiger partial charge in [0.05, 0.1) is 5.69 Å². The first-order chi connectivity index (χ1) is 8.20. The molecule has 2 rings (SSSR count). The Morgan fingerprint density at radius 3 is 2.59 bits per heavy atom. The molecule has 1 N–H and O–H groups in total. The van der Waals surface area contributed by atoms with Crippen LogP contribution in [0.5, 0.6) is 0 Å². The normalized spacial score (nSPS) is 10.3. The first-order valence-electron chi connectivity index (χ1n) is 5.54. The average Bonchev–Trinajstić information content (AvgIpc) is 2.33. The second-order valence-corrected chi connectivity index (χ2v) is 4.68. The van der Waals surface area contributed by atoms with Gasteiger partial charge in [0.15, 0.2) is 0 Å². The zero-order chi connectivity index (χ0) is 12.3. The summed E-state index contributed by atoms with van der Waals surface area (Å²) in [5.74, 6) is 0.677. The molecular formula is C13H14BrN3. The highest BCUT2D eigenvalue weighted by Gasteiger charge is 2.05. The predicted molar refractivity (Wildman–Crippen MR) is 74.1 cm³/mol. The molecule has 0 spiro atoms. The highest BCUT2D eigenvalue weighted by atomic mass is 79.9. The zero-order valence-electron chi connectivity index (χ0n) is 9.87. The summed E-state index contributed by atoms with van der Waals surface area (Å²) in [5, 5.41) is 3.12. The number of rotatable bonds is 3. The lowest BCUT2D eigenvalue weighted by Gasteiger charge is -2.08. The van der Waals surface area contributed by atoms with Crippen LogP contribution in [0, 0.1) is 6.92 Å². The molecule has 1 aromatic carbocycles. The van der Waals surface area contributed by atoms with Gasteiger partial charge in [-0.05, 0) is 31.5 Å².